The molecule has 1 aliphatic rings. The minimum Gasteiger partial charge on any atom is -0.378 e. The molecule has 0 radical (unpaired) electrons. The molecule has 0 aliphatic carbocycles. The molecule has 0 N–H and O–H groups in total. The number of halogens is 1. The summed E-state index contributed by atoms with van der Waals surface area (Å²) in [7, 11) is 0. The molecule has 3 rings (SSSR count). The van der Waals surface area contributed by atoms with E-state index in [0.717, 1.165) is 5.56 Å². The van der Waals surface area contributed by atoms with Crippen LogP contribution in [0.2, 0.25) is 0 Å². The minimum atomic E-state index is -0.178. The lowest BCUT2D eigenvalue weighted by Gasteiger charge is -2.27. The number of morpholine rings is 1. The summed E-state index contributed by atoms with van der Waals surface area (Å²) in [6.45, 7) is 2.60. The zero-order chi connectivity index (χ0) is 16.8. The first-order chi connectivity index (χ1) is 11.7. The highest BCUT2D eigenvalue weighted by molar-refractivity contribution is 6.21. The third-order valence-corrected chi connectivity index (χ3v) is 4.59. The van der Waals surface area contributed by atoms with Crippen molar-refractivity contribution in [1.82, 2.24) is 4.90 Å². The van der Waals surface area contributed by atoms with Crippen LogP contribution in [0, 0.1) is 0 Å². The number of hydrogen-bond acceptors (Lipinski definition) is 2. The topological polar surface area (TPSA) is 29.5 Å². The third kappa shape index (κ3) is 4.59. The van der Waals surface area contributed by atoms with Crippen molar-refractivity contribution in [3.05, 3.63) is 60.2 Å². The molecule has 0 saturated carbocycles. The molecule has 4 heteroatoms. The Balaban J connectivity index is 1.54. The molecule has 1 heterocycles. The second kappa shape index (κ2) is 8.32. The van der Waals surface area contributed by atoms with Crippen LogP contribution >= 0.6 is 11.6 Å². The van der Waals surface area contributed by atoms with E-state index in [0.29, 0.717) is 39.1 Å². The van der Waals surface area contributed by atoms with E-state index in [1.54, 1.807) is 0 Å². The third-order valence-electron chi connectivity index (χ3n) is 4.28. The fraction of sp³-hybridized carbons (Fsp3) is 0.350. The number of benzene rings is 2. The average molecular weight is 344 g/mol. The van der Waals surface area contributed by atoms with Crippen LogP contribution in [0.25, 0.3) is 11.1 Å². The first-order valence-electron chi connectivity index (χ1n) is 8.36. The zero-order valence-corrected chi connectivity index (χ0v) is 14.4. The van der Waals surface area contributed by atoms with E-state index in [-0.39, 0.29) is 11.3 Å². The summed E-state index contributed by atoms with van der Waals surface area (Å²) in [5.74, 6) is 0.124. The number of carbonyl (C=O) groups excluding carboxylic acids is 1. The molecule has 126 valence electrons. The van der Waals surface area contributed by atoms with Crippen molar-refractivity contribution in [3.8, 4) is 11.1 Å². The van der Waals surface area contributed by atoms with E-state index in [2.05, 4.69) is 36.4 Å². The smallest absolute Gasteiger partial charge is 0.224 e. The quantitative estimate of drug-likeness (QED) is 0.774. The Kier molecular flexibility index (Phi) is 5.89. The normalized spacial score (nSPS) is 16.0. The van der Waals surface area contributed by atoms with E-state index in [9.17, 15) is 4.79 Å². The van der Waals surface area contributed by atoms with Crippen LogP contribution in [0.1, 0.15) is 12.0 Å². The molecular formula is C20H22ClNO2. The maximum Gasteiger partial charge on any atom is 0.224 e. The first-order valence-corrected chi connectivity index (χ1v) is 8.80. The number of amides is 1. The standard InChI is InChI=1S/C20H22ClNO2/c21-19(15-20(23)22-10-12-24-13-11-22)14-16-6-8-18(9-7-16)17-4-2-1-3-5-17/h1-9,19H,10-15H2. The van der Waals surface area contributed by atoms with Gasteiger partial charge in [-0.2, -0.15) is 0 Å². The van der Waals surface area contributed by atoms with Gasteiger partial charge < -0.3 is 9.64 Å². The van der Waals surface area contributed by atoms with E-state index < -0.39 is 0 Å². The Morgan fingerprint density at radius 3 is 2.29 bits per heavy atom. The first kappa shape index (κ1) is 17.0. The molecule has 2 aromatic rings. The monoisotopic (exact) mass is 343 g/mol. The molecule has 0 bridgehead atoms. The average Bonchev–Trinajstić information content (AvgIpc) is 2.64. The molecule has 1 amide bonds. The highest BCUT2D eigenvalue weighted by Gasteiger charge is 2.20. The number of rotatable bonds is 5. The van der Waals surface area contributed by atoms with E-state index >= 15 is 0 Å². The van der Waals surface area contributed by atoms with Gasteiger partial charge in [0.05, 0.1) is 13.2 Å². The summed E-state index contributed by atoms with van der Waals surface area (Å²) in [4.78, 5) is 14.1. The maximum atomic E-state index is 12.2. The fourth-order valence-electron chi connectivity index (χ4n) is 2.92. The number of hydrogen-bond donors (Lipinski definition) is 0. The summed E-state index contributed by atoms with van der Waals surface area (Å²) in [5, 5.41) is -0.178. The number of carbonyl (C=O) groups is 1. The van der Waals surface area contributed by atoms with Gasteiger partial charge in [0.25, 0.3) is 0 Å². The number of ether oxygens (including phenoxy) is 1. The van der Waals surface area contributed by atoms with Crippen molar-refractivity contribution < 1.29 is 9.53 Å². The fourth-order valence-corrected chi connectivity index (χ4v) is 3.23. The second-order valence-electron chi connectivity index (χ2n) is 6.06. The Hall–Kier alpha value is -1.84. The van der Waals surface area contributed by atoms with Crippen LogP contribution in [0.3, 0.4) is 0 Å². The zero-order valence-electron chi connectivity index (χ0n) is 13.7. The summed E-state index contributed by atoms with van der Waals surface area (Å²) >= 11 is 6.41. The van der Waals surface area contributed by atoms with Crippen molar-refractivity contribution in [2.75, 3.05) is 26.3 Å². The van der Waals surface area contributed by atoms with Crippen LogP contribution in [0.4, 0.5) is 0 Å². The molecule has 2 aromatic carbocycles. The van der Waals surface area contributed by atoms with Gasteiger partial charge in [-0.3, -0.25) is 4.79 Å². The van der Waals surface area contributed by atoms with Crippen molar-refractivity contribution in [1.29, 1.82) is 0 Å². The SMILES string of the molecule is O=C(CC(Cl)Cc1ccc(-c2ccccc2)cc1)N1CCOCC1. The van der Waals surface area contributed by atoms with Crippen LogP contribution in [0.5, 0.6) is 0 Å². The summed E-state index contributed by atoms with van der Waals surface area (Å²) in [6.07, 6.45) is 1.08. The van der Waals surface area contributed by atoms with Crippen molar-refractivity contribution in [2.45, 2.75) is 18.2 Å². The predicted octanol–water partition coefficient (Wildman–Crippen LogP) is 3.75. The van der Waals surface area contributed by atoms with Gasteiger partial charge in [0.1, 0.15) is 0 Å². The van der Waals surface area contributed by atoms with Gasteiger partial charge in [-0.05, 0) is 23.1 Å². The highest BCUT2D eigenvalue weighted by atomic mass is 35.5. The van der Waals surface area contributed by atoms with Crippen LogP contribution in [-0.2, 0) is 16.0 Å². The van der Waals surface area contributed by atoms with Gasteiger partial charge in [-0.25, -0.2) is 0 Å². The molecule has 1 atom stereocenters. The van der Waals surface area contributed by atoms with Gasteiger partial charge in [-0.15, -0.1) is 11.6 Å². The molecule has 1 unspecified atom stereocenters. The van der Waals surface area contributed by atoms with E-state index in [1.165, 1.54) is 11.1 Å². The lowest BCUT2D eigenvalue weighted by molar-refractivity contribution is -0.135. The summed E-state index contributed by atoms with van der Waals surface area (Å²) < 4.78 is 5.27. The van der Waals surface area contributed by atoms with Gasteiger partial charge in [0.15, 0.2) is 0 Å². The highest BCUT2D eigenvalue weighted by Crippen LogP contribution is 2.21. The van der Waals surface area contributed by atoms with Crippen molar-refractivity contribution in [3.63, 3.8) is 0 Å². The molecule has 0 spiro atoms. The summed E-state index contributed by atoms with van der Waals surface area (Å²) in [6, 6.07) is 18.7. The second-order valence-corrected chi connectivity index (χ2v) is 6.68. The van der Waals surface area contributed by atoms with Gasteiger partial charge in [0, 0.05) is 24.9 Å². The van der Waals surface area contributed by atoms with E-state index in [1.807, 2.05) is 23.1 Å². The van der Waals surface area contributed by atoms with Gasteiger partial charge >= 0.3 is 0 Å². The van der Waals surface area contributed by atoms with E-state index in [4.69, 9.17) is 16.3 Å². The van der Waals surface area contributed by atoms with Crippen LogP contribution in [-0.4, -0.2) is 42.5 Å². The van der Waals surface area contributed by atoms with Crippen LogP contribution < -0.4 is 0 Å². The number of nitrogens with zero attached hydrogens (tertiary/aromatic N) is 1. The van der Waals surface area contributed by atoms with Gasteiger partial charge in [-0.1, -0.05) is 54.6 Å². The van der Waals surface area contributed by atoms with Crippen molar-refractivity contribution in [2.24, 2.45) is 0 Å². The Bertz CT molecular complexity index is 651. The molecule has 0 aromatic heterocycles. The molecule has 3 nitrogen and oxygen atoms in total. The molecule has 1 fully saturated rings. The predicted molar refractivity (Wildman–Crippen MR) is 97.2 cm³/mol. The number of alkyl halides is 1. The largest absolute Gasteiger partial charge is 0.378 e. The maximum absolute atomic E-state index is 12.2. The minimum absolute atomic E-state index is 0.124. The summed E-state index contributed by atoms with van der Waals surface area (Å²) in [5.41, 5.74) is 3.55. The van der Waals surface area contributed by atoms with Crippen molar-refractivity contribution >= 4 is 17.5 Å². The van der Waals surface area contributed by atoms with Crippen LogP contribution in [0.15, 0.2) is 54.6 Å². The molecular weight excluding hydrogens is 322 g/mol. The molecule has 1 saturated heterocycles. The lowest BCUT2D eigenvalue weighted by Crippen LogP contribution is -2.41. The molecule has 24 heavy (non-hydrogen) atoms. The Morgan fingerprint density at radius 1 is 1.00 bits per heavy atom. The Morgan fingerprint density at radius 2 is 1.62 bits per heavy atom. The van der Waals surface area contributed by atoms with Gasteiger partial charge in [0.2, 0.25) is 5.91 Å². The Labute approximate surface area is 148 Å². The lowest BCUT2D eigenvalue weighted by atomic mass is 10.0. The molecule has 1 aliphatic heterocycles.